The number of rotatable bonds is 4. The van der Waals surface area contributed by atoms with E-state index in [9.17, 15) is 9.59 Å². The first-order valence-electron chi connectivity index (χ1n) is 8.24. The summed E-state index contributed by atoms with van der Waals surface area (Å²) in [5, 5.41) is 0.836. The Kier molecular flexibility index (Phi) is 5.01. The van der Waals surface area contributed by atoms with Crippen molar-refractivity contribution in [2.24, 2.45) is 0 Å². The van der Waals surface area contributed by atoms with Crippen LogP contribution in [0.15, 0.2) is 39.2 Å². The number of halogens is 1. The first kappa shape index (κ1) is 18.4. The lowest BCUT2D eigenvalue weighted by Crippen LogP contribution is -2.15. The van der Waals surface area contributed by atoms with Crippen LogP contribution >= 0.6 is 15.9 Å². The Hall–Kier alpha value is -2.40. The van der Waals surface area contributed by atoms with E-state index in [-0.39, 0.29) is 18.2 Å². The molecule has 3 aromatic rings. The van der Waals surface area contributed by atoms with Gasteiger partial charge in [0.1, 0.15) is 5.58 Å². The fourth-order valence-corrected chi connectivity index (χ4v) is 3.28. The Morgan fingerprint density at radius 2 is 1.69 bits per heavy atom. The SMILES string of the molecule is Cc1cc(C)c(C(=O)COC(=O)c2oc3ccc(Br)cc3c2C)cc1C. The maximum Gasteiger partial charge on any atom is 0.375 e. The molecule has 0 saturated carbocycles. The molecule has 3 rings (SSSR count). The van der Waals surface area contributed by atoms with Crippen molar-refractivity contribution in [1.29, 1.82) is 0 Å². The van der Waals surface area contributed by atoms with Crippen molar-refractivity contribution >= 4 is 38.7 Å². The van der Waals surface area contributed by atoms with E-state index < -0.39 is 5.97 Å². The molecule has 2 aromatic carbocycles. The number of aryl methyl sites for hydroxylation is 4. The minimum Gasteiger partial charge on any atom is -0.451 e. The molecule has 0 bridgehead atoms. The summed E-state index contributed by atoms with van der Waals surface area (Å²) in [6, 6.07) is 9.31. The van der Waals surface area contributed by atoms with E-state index in [1.165, 1.54) is 0 Å². The van der Waals surface area contributed by atoms with Crippen LogP contribution in [0, 0.1) is 27.7 Å². The first-order chi connectivity index (χ1) is 12.3. The molecule has 26 heavy (non-hydrogen) atoms. The molecule has 0 unspecified atom stereocenters. The lowest BCUT2D eigenvalue weighted by molar-refractivity contribution is 0.0445. The predicted octanol–water partition coefficient (Wildman–Crippen LogP) is 5.47. The van der Waals surface area contributed by atoms with E-state index in [0.29, 0.717) is 16.7 Å². The van der Waals surface area contributed by atoms with E-state index in [1.807, 2.05) is 45.0 Å². The molecule has 0 radical (unpaired) electrons. The van der Waals surface area contributed by atoms with Gasteiger partial charge in [0.05, 0.1) is 0 Å². The number of Topliss-reactive ketones (excluding diaryl/α,β-unsaturated/α-hetero) is 1. The van der Waals surface area contributed by atoms with Crippen molar-refractivity contribution in [3.8, 4) is 0 Å². The van der Waals surface area contributed by atoms with Crippen LogP contribution in [0.5, 0.6) is 0 Å². The Balaban J connectivity index is 1.78. The van der Waals surface area contributed by atoms with Crippen LogP contribution < -0.4 is 0 Å². The van der Waals surface area contributed by atoms with Crippen LogP contribution in [0.1, 0.15) is 43.2 Å². The molecule has 4 nitrogen and oxygen atoms in total. The van der Waals surface area contributed by atoms with Crippen LogP contribution in [-0.2, 0) is 4.74 Å². The number of carbonyl (C=O) groups excluding carboxylic acids is 2. The van der Waals surface area contributed by atoms with Crippen molar-refractivity contribution in [3.63, 3.8) is 0 Å². The third-order valence-corrected chi connectivity index (χ3v) is 5.05. The zero-order chi connectivity index (χ0) is 19.0. The summed E-state index contributed by atoms with van der Waals surface area (Å²) in [6.07, 6.45) is 0. The highest BCUT2D eigenvalue weighted by Crippen LogP contribution is 2.28. The summed E-state index contributed by atoms with van der Waals surface area (Å²) in [6.45, 7) is 7.31. The molecule has 1 heterocycles. The number of hydrogen-bond donors (Lipinski definition) is 0. The Labute approximate surface area is 160 Å². The van der Waals surface area contributed by atoms with Gasteiger partial charge >= 0.3 is 5.97 Å². The fraction of sp³-hybridized carbons (Fsp3) is 0.238. The fourth-order valence-electron chi connectivity index (χ4n) is 2.92. The van der Waals surface area contributed by atoms with Gasteiger partial charge in [-0.15, -0.1) is 0 Å². The standard InChI is InChI=1S/C21H19BrO4/c1-11-7-13(3)16(8-12(11)2)18(23)10-25-21(24)20-14(4)17-9-15(22)5-6-19(17)26-20/h5-9H,10H2,1-4H3. The second-order valence-corrected chi connectivity index (χ2v) is 7.36. The maximum atomic E-state index is 12.5. The van der Waals surface area contributed by atoms with Crippen LogP contribution in [0.3, 0.4) is 0 Å². The van der Waals surface area contributed by atoms with Gasteiger partial charge in [-0.3, -0.25) is 4.79 Å². The van der Waals surface area contributed by atoms with Crippen molar-refractivity contribution in [2.45, 2.75) is 27.7 Å². The maximum absolute atomic E-state index is 12.5. The summed E-state index contributed by atoms with van der Waals surface area (Å²) < 4.78 is 11.7. The third kappa shape index (κ3) is 3.44. The van der Waals surface area contributed by atoms with Crippen molar-refractivity contribution < 1.29 is 18.7 Å². The highest BCUT2D eigenvalue weighted by molar-refractivity contribution is 9.10. The topological polar surface area (TPSA) is 56.5 Å². The first-order valence-corrected chi connectivity index (χ1v) is 9.04. The van der Waals surface area contributed by atoms with Crippen LogP contribution in [-0.4, -0.2) is 18.4 Å². The molecule has 5 heteroatoms. The summed E-state index contributed by atoms with van der Waals surface area (Å²) in [4.78, 5) is 24.8. The highest BCUT2D eigenvalue weighted by atomic mass is 79.9. The molecular weight excluding hydrogens is 396 g/mol. The number of benzene rings is 2. The van der Waals surface area contributed by atoms with E-state index in [4.69, 9.17) is 9.15 Å². The monoisotopic (exact) mass is 414 g/mol. The molecule has 0 N–H and O–H groups in total. The van der Waals surface area contributed by atoms with E-state index in [0.717, 1.165) is 26.5 Å². The molecule has 0 atom stereocenters. The molecule has 0 spiro atoms. The van der Waals surface area contributed by atoms with Gasteiger partial charge in [-0.2, -0.15) is 0 Å². The van der Waals surface area contributed by atoms with Crippen LogP contribution in [0.2, 0.25) is 0 Å². The predicted molar refractivity (Wildman–Crippen MR) is 104 cm³/mol. The zero-order valence-electron chi connectivity index (χ0n) is 15.1. The molecule has 0 aliphatic heterocycles. The summed E-state index contributed by atoms with van der Waals surface area (Å²) in [5.74, 6) is -0.733. The minimum atomic E-state index is -0.635. The molecule has 0 fully saturated rings. The number of hydrogen-bond acceptors (Lipinski definition) is 4. The lowest BCUT2D eigenvalue weighted by Gasteiger charge is -2.09. The second-order valence-electron chi connectivity index (χ2n) is 6.45. The van der Waals surface area contributed by atoms with E-state index >= 15 is 0 Å². The van der Waals surface area contributed by atoms with Crippen molar-refractivity contribution in [2.75, 3.05) is 6.61 Å². The number of fused-ring (bicyclic) bond motifs is 1. The Morgan fingerprint density at radius 1 is 1.00 bits per heavy atom. The number of esters is 1. The molecule has 0 aliphatic carbocycles. The number of carbonyl (C=O) groups is 2. The van der Waals surface area contributed by atoms with Gasteiger partial charge in [-0.05, 0) is 68.7 Å². The summed E-state index contributed by atoms with van der Waals surface area (Å²) in [7, 11) is 0. The van der Waals surface area contributed by atoms with Gasteiger partial charge in [0.15, 0.2) is 6.61 Å². The van der Waals surface area contributed by atoms with Gasteiger partial charge in [-0.1, -0.05) is 22.0 Å². The minimum absolute atomic E-state index is 0.128. The van der Waals surface area contributed by atoms with Gasteiger partial charge in [0.25, 0.3) is 0 Å². The Bertz CT molecular complexity index is 1030. The number of ether oxygens (including phenoxy) is 1. The van der Waals surface area contributed by atoms with Crippen molar-refractivity contribution in [1.82, 2.24) is 0 Å². The van der Waals surface area contributed by atoms with Gasteiger partial charge in [-0.25, -0.2) is 4.79 Å². The second kappa shape index (κ2) is 7.08. The lowest BCUT2D eigenvalue weighted by atomic mass is 9.98. The molecule has 0 aliphatic rings. The summed E-state index contributed by atoms with van der Waals surface area (Å²) in [5.41, 5.74) is 4.91. The molecule has 134 valence electrons. The molecule has 1 aromatic heterocycles. The number of ketones is 1. The Morgan fingerprint density at radius 3 is 2.42 bits per heavy atom. The highest BCUT2D eigenvalue weighted by Gasteiger charge is 2.21. The molecule has 0 saturated heterocycles. The smallest absolute Gasteiger partial charge is 0.375 e. The zero-order valence-corrected chi connectivity index (χ0v) is 16.7. The van der Waals surface area contributed by atoms with Gasteiger partial charge in [0, 0.05) is 21.0 Å². The van der Waals surface area contributed by atoms with E-state index in [1.54, 1.807) is 13.0 Å². The van der Waals surface area contributed by atoms with Gasteiger partial charge in [0.2, 0.25) is 11.5 Å². The van der Waals surface area contributed by atoms with Gasteiger partial charge < -0.3 is 9.15 Å². The summed E-state index contributed by atoms with van der Waals surface area (Å²) >= 11 is 3.40. The van der Waals surface area contributed by atoms with E-state index in [2.05, 4.69) is 15.9 Å². The number of furan rings is 1. The molecular formula is C21H19BrO4. The van der Waals surface area contributed by atoms with Crippen molar-refractivity contribution in [3.05, 3.63) is 68.4 Å². The normalized spacial score (nSPS) is 11.0. The third-order valence-electron chi connectivity index (χ3n) is 4.56. The average molecular weight is 415 g/mol. The molecule has 0 amide bonds. The van der Waals surface area contributed by atoms with Crippen LogP contribution in [0.4, 0.5) is 0 Å². The quantitative estimate of drug-likeness (QED) is 0.419. The largest absolute Gasteiger partial charge is 0.451 e. The van der Waals surface area contributed by atoms with Crippen LogP contribution in [0.25, 0.3) is 11.0 Å². The average Bonchev–Trinajstić information content (AvgIpc) is 2.92.